The number of amides is 2. The van der Waals surface area contributed by atoms with E-state index in [-0.39, 0.29) is 17.6 Å². The summed E-state index contributed by atoms with van der Waals surface area (Å²) < 4.78 is 6.10. The van der Waals surface area contributed by atoms with E-state index in [1.54, 1.807) is 6.07 Å². The Hall–Kier alpha value is -2.13. The molecule has 0 fully saturated rings. The molecule has 0 aliphatic heterocycles. The number of anilines is 2. The molecule has 2 N–H and O–H groups in total. The fraction of sp³-hybridized carbons (Fsp3) is 0.375. The number of benzene rings is 1. The second-order valence-corrected chi connectivity index (χ2v) is 7.14. The van der Waals surface area contributed by atoms with Gasteiger partial charge in [0.2, 0.25) is 16.9 Å². The first kappa shape index (κ1) is 19.2. The third-order valence-electron chi connectivity index (χ3n) is 2.92. The Balaban J connectivity index is 1.84. The van der Waals surface area contributed by atoms with Gasteiger partial charge >= 0.3 is 0 Å². The molecule has 0 radical (unpaired) electrons. The summed E-state index contributed by atoms with van der Waals surface area (Å²) in [5, 5.41) is 13.8. The number of rotatable bonds is 9. The van der Waals surface area contributed by atoms with Gasteiger partial charge in [-0.3, -0.25) is 9.59 Å². The number of nitrogens with zero attached hydrogens (tertiary/aromatic N) is 2. The minimum Gasteiger partial charge on any atom is -0.492 e. The van der Waals surface area contributed by atoms with Crippen LogP contribution in [0.2, 0.25) is 0 Å². The first-order valence-electron chi connectivity index (χ1n) is 7.90. The zero-order valence-electron chi connectivity index (χ0n) is 14.1. The van der Waals surface area contributed by atoms with Gasteiger partial charge in [0, 0.05) is 6.42 Å². The molecule has 25 heavy (non-hydrogen) atoms. The SMILES string of the molecule is CCCC(=O)Nc1nnc(SCC(=O)Nc2ccccc2OCC)s1. The second kappa shape index (κ2) is 10.00. The fourth-order valence-corrected chi connectivity index (χ4v) is 3.46. The van der Waals surface area contributed by atoms with Crippen molar-refractivity contribution in [2.75, 3.05) is 23.0 Å². The van der Waals surface area contributed by atoms with Gasteiger partial charge < -0.3 is 15.4 Å². The summed E-state index contributed by atoms with van der Waals surface area (Å²) in [7, 11) is 0. The first-order chi connectivity index (χ1) is 12.1. The van der Waals surface area contributed by atoms with Crippen LogP contribution in [0, 0.1) is 0 Å². The van der Waals surface area contributed by atoms with Crippen LogP contribution in [0.15, 0.2) is 28.6 Å². The lowest BCUT2D eigenvalue weighted by Gasteiger charge is -2.10. The van der Waals surface area contributed by atoms with Gasteiger partial charge in [-0.25, -0.2) is 0 Å². The van der Waals surface area contributed by atoms with Gasteiger partial charge in [-0.05, 0) is 25.5 Å². The van der Waals surface area contributed by atoms with Crippen LogP contribution in [-0.4, -0.2) is 34.4 Å². The Morgan fingerprint density at radius 3 is 2.72 bits per heavy atom. The summed E-state index contributed by atoms with van der Waals surface area (Å²) >= 11 is 2.52. The molecular weight excluding hydrogens is 360 g/mol. The third-order valence-corrected chi connectivity index (χ3v) is 4.89. The molecule has 1 aromatic heterocycles. The summed E-state index contributed by atoms with van der Waals surface area (Å²) in [5.74, 6) is 0.586. The highest BCUT2D eigenvalue weighted by atomic mass is 32.2. The van der Waals surface area contributed by atoms with Gasteiger partial charge in [0.15, 0.2) is 4.34 Å². The van der Waals surface area contributed by atoms with Crippen molar-refractivity contribution in [1.82, 2.24) is 10.2 Å². The number of nitrogens with one attached hydrogen (secondary N) is 2. The highest BCUT2D eigenvalue weighted by Crippen LogP contribution is 2.27. The number of thioether (sulfide) groups is 1. The molecule has 0 unspecified atom stereocenters. The summed E-state index contributed by atoms with van der Waals surface area (Å²) in [5.41, 5.74) is 0.639. The molecule has 0 aliphatic carbocycles. The summed E-state index contributed by atoms with van der Waals surface area (Å²) in [6, 6.07) is 7.29. The molecule has 2 aromatic rings. The van der Waals surface area contributed by atoms with E-state index >= 15 is 0 Å². The van der Waals surface area contributed by atoms with E-state index in [0.717, 1.165) is 6.42 Å². The molecule has 0 saturated heterocycles. The monoisotopic (exact) mass is 380 g/mol. The smallest absolute Gasteiger partial charge is 0.234 e. The Morgan fingerprint density at radius 1 is 1.16 bits per heavy atom. The number of ether oxygens (including phenoxy) is 1. The van der Waals surface area contributed by atoms with Crippen molar-refractivity contribution >= 4 is 45.7 Å². The van der Waals surface area contributed by atoms with Crippen LogP contribution < -0.4 is 15.4 Å². The predicted octanol–water partition coefficient (Wildman–Crippen LogP) is 3.41. The summed E-state index contributed by atoms with van der Waals surface area (Å²) in [4.78, 5) is 23.6. The van der Waals surface area contributed by atoms with Gasteiger partial charge in [-0.15, -0.1) is 10.2 Å². The molecular formula is C16H20N4O3S2. The normalized spacial score (nSPS) is 10.3. The number of para-hydroxylation sites is 2. The van der Waals surface area contributed by atoms with Gasteiger partial charge in [-0.1, -0.05) is 42.2 Å². The molecule has 2 amide bonds. The maximum Gasteiger partial charge on any atom is 0.234 e. The molecule has 134 valence electrons. The maximum absolute atomic E-state index is 12.1. The molecule has 0 atom stereocenters. The van der Waals surface area contributed by atoms with E-state index in [2.05, 4.69) is 20.8 Å². The minimum atomic E-state index is -0.163. The third kappa shape index (κ3) is 6.35. The van der Waals surface area contributed by atoms with E-state index < -0.39 is 0 Å². The average Bonchev–Trinajstić information content (AvgIpc) is 3.02. The van der Waals surface area contributed by atoms with Gasteiger partial charge in [0.1, 0.15) is 5.75 Å². The van der Waals surface area contributed by atoms with Crippen molar-refractivity contribution in [3.05, 3.63) is 24.3 Å². The van der Waals surface area contributed by atoms with E-state index in [0.29, 0.717) is 33.9 Å². The maximum atomic E-state index is 12.1. The Morgan fingerprint density at radius 2 is 1.96 bits per heavy atom. The zero-order chi connectivity index (χ0) is 18.1. The van der Waals surface area contributed by atoms with Crippen LogP contribution in [0.1, 0.15) is 26.7 Å². The highest BCUT2D eigenvalue weighted by Gasteiger charge is 2.11. The van der Waals surface area contributed by atoms with Crippen molar-refractivity contribution in [3.63, 3.8) is 0 Å². The highest BCUT2D eigenvalue weighted by molar-refractivity contribution is 8.01. The lowest BCUT2D eigenvalue weighted by Crippen LogP contribution is -2.14. The van der Waals surface area contributed by atoms with Gasteiger partial charge in [0.25, 0.3) is 0 Å². The average molecular weight is 380 g/mol. The predicted molar refractivity (Wildman–Crippen MR) is 100 cm³/mol. The topological polar surface area (TPSA) is 93.2 Å². The molecule has 7 nitrogen and oxygen atoms in total. The van der Waals surface area contributed by atoms with Gasteiger partial charge in [0.05, 0.1) is 18.0 Å². The van der Waals surface area contributed by atoms with E-state index in [9.17, 15) is 9.59 Å². The fourth-order valence-electron chi connectivity index (χ4n) is 1.89. The molecule has 0 bridgehead atoms. The molecule has 0 aliphatic rings. The van der Waals surface area contributed by atoms with Crippen LogP contribution in [0.5, 0.6) is 5.75 Å². The lowest BCUT2D eigenvalue weighted by molar-refractivity contribution is -0.116. The molecule has 9 heteroatoms. The minimum absolute atomic E-state index is 0.0829. The lowest BCUT2D eigenvalue weighted by atomic mass is 10.3. The second-order valence-electron chi connectivity index (χ2n) is 4.94. The summed E-state index contributed by atoms with van der Waals surface area (Å²) in [6.45, 7) is 4.35. The van der Waals surface area contributed by atoms with Crippen LogP contribution in [-0.2, 0) is 9.59 Å². The number of carbonyl (C=O) groups excluding carboxylic acids is 2. The quantitative estimate of drug-likeness (QED) is 0.511. The van der Waals surface area contributed by atoms with Crippen molar-refractivity contribution in [2.45, 2.75) is 31.0 Å². The molecule has 1 aromatic carbocycles. The van der Waals surface area contributed by atoms with E-state index in [1.807, 2.05) is 32.0 Å². The largest absolute Gasteiger partial charge is 0.492 e. The first-order valence-corrected chi connectivity index (χ1v) is 9.70. The van der Waals surface area contributed by atoms with E-state index in [4.69, 9.17) is 4.74 Å². The van der Waals surface area contributed by atoms with Crippen LogP contribution in [0.4, 0.5) is 10.8 Å². The van der Waals surface area contributed by atoms with Crippen LogP contribution in [0.3, 0.4) is 0 Å². The number of hydrogen-bond donors (Lipinski definition) is 2. The zero-order valence-corrected chi connectivity index (χ0v) is 15.7. The van der Waals surface area contributed by atoms with Crippen molar-refractivity contribution < 1.29 is 14.3 Å². The Labute approximate surface area is 154 Å². The number of hydrogen-bond acceptors (Lipinski definition) is 7. The van der Waals surface area contributed by atoms with Crippen LogP contribution in [0.25, 0.3) is 0 Å². The number of carbonyl (C=O) groups is 2. The summed E-state index contributed by atoms with van der Waals surface area (Å²) in [6.07, 6.45) is 1.22. The van der Waals surface area contributed by atoms with E-state index in [1.165, 1.54) is 23.1 Å². The Bertz CT molecular complexity index is 721. The van der Waals surface area contributed by atoms with Crippen molar-refractivity contribution in [1.29, 1.82) is 0 Å². The Kier molecular flexibility index (Phi) is 7.68. The van der Waals surface area contributed by atoms with Crippen molar-refractivity contribution in [3.8, 4) is 5.75 Å². The van der Waals surface area contributed by atoms with Crippen molar-refractivity contribution in [2.24, 2.45) is 0 Å². The standard InChI is InChI=1S/C16H20N4O3S2/c1-3-7-13(21)18-15-19-20-16(25-15)24-10-14(22)17-11-8-5-6-9-12(11)23-4-2/h5-6,8-9H,3-4,7,10H2,1-2H3,(H,17,22)(H,18,19,21). The number of aromatic nitrogens is 2. The van der Waals surface area contributed by atoms with Crippen LogP contribution >= 0.6 is 23.1 Å². The van der Waals surface area contributed by atoms with Gasteiger partial charge in [-0.2, -0.15) is 0 Å². The molecule has 2 rings (SSSR count). The molecule has 0 spiro atoms. The molecule has 1 heterocycles. The molecule has 0 saturated carbocycles.